The molecular formula is C10H10BrNS. The highest BCUT2D eigenvalue weighted by atomic mass is 79.9. The van der Waals surface area contributed by atoms with Gasteiger partial charge in [-0.15, -0.1) is 11.3 Å². The average molecular weight is 256 g/mol. The summed E-state index contributed by atoms with van der Waals surface area (Å²) >= 11 is 5.19. The number of thiophene rings is 1. The first-order valence-electron chi connectivity index (χ1n) is 4.18. The first kappa shape index (κ1) is 9.03. The van der Waals surface area contributed by atoms with E-state index in [9.17, 15) is 0 Å². The van der Waals surface area contributed by atoms with Crippen LogP contribution in [-0.4, -0.2) is 11.9 Å². The van der Waals surface area contributed by atoms with E-state index in [4.69, 9.17) is 0 Å². The molecule has 0 aliphatic heterocycles. The van der Waals surface area contributed by atoms with Crippen molar-refractivity contribution in [2.75, 3.05) is 17.2 Å². The van der Waals surface area contributed by atoms with Crippen molar-refractivity contribution in [2.24, 2.45) is 0 Å². The molecule has 0 atom stereocenters. The highest BCUT2D eigenvalue weighted by Gasteiger charge is 1.99. The van der Waals surface area contributed by atoms with Crippen molar-refractivity contribution in [1.29, 1.82) is 0 Å². The van der Waals surface area contributed by atoms with Crippen molar-refractivity contribution in [3.63, 3.8) is 0 Å². The number of halogens is 1. The molecule has 1 heterocycles. The minimum Gasteiger partial charge on any atom is -0.383 e. The second kappa shape index (κ2) is 4.11. The van der Waals surface area contributed by atoms with Crippen LogP contribution in [0.25, 0.3) is 10.1 Å². The summed E-state index contributed by atoms with van der Waals surface area (Å²) in [6.07, 6.45) is 0. The second-order valence-electron chi connectivity index (χ2n) is 2.76. The zero-order chi connectivity index (χ0) is 9.10. The summed E-state index contributed by atoms with van der Waals surface area (Å²) in [6, 6.07) is 8.51. The Balaban J connectivity index is 2.37. The number of nitrogens with one attached hydrogen (secondary N) is 1. The third-order valence-electron chi connectivity index (χ3n) is 1.89. The quantitative estimate of drug-likeness (QED) is 0.825. The first-order valence-corrected chi connectivity index (χ1v) is 6.18. The fourth-order valence-corrected chi connectivity index (χ4v) is 2.40. The normalized spacial score (nSPS) is 10.5. The molecule has 0 spiro atoms. The molecule has 68 valence electrons. The molecule has 0 amide bonds. The smallest absolute Gasteiger partial charge is 0.0574 e. The Bertz CT molecular complexity index is 396. The van der Waals surface area contributed by atoms with Gasteiger partial charge in [0.25, 0.3) is 0 Å². The molecule has 0 radical (unpaired) electrons. The van der Waals surface area contributed by atoms with Crippen LogP contribution < -0.4 is 5.32 Å². The lowest BCUT2D eigenvalue weighted by Gasteiger charge is -2.04. The predicted octanol–water partition coefficient (Wildman–Crippen LogP) is 3.71. The van der Waals surface area contributed by atoms with Crippen molar-refractivity contribution in [1.82, 2.24) is 0 Å². The van der Waals surface area contributed by atoms with Gasteiger partial charge in [0, 0.05) is 11.9 Å². The van der Waals surface area contributed by atoms with Gasteiger partial charge in [-0.2, -0.15) is 0 Å². The van der Waals surface area contributed by atoms with Gasteiger partial charge in [0.2, 0.25) is 0 Å². The van der Waals surface area contributed by atoms with Gasteiger partial charge < -0.3 is 5.32 Å². The van der Waals surface area contributed by atoms with E-state index in [2.05, 4.69) is 50.9 Å². The largest absolute Gasteiger partial charge is 0.383 e. The number of alkyl halides is 1. The van der Waals surface area contributed by atoms with Crippen LogP contribution in [0.4, 0.5) is 5.69 Å². The van der Waals surface area contributed by atoms with Gasteiger partial charge in [-0.25, -0.2) is 0 Å². The van der Waals surface area contributed by atoms with E-state index in [0.29, 0.717) is 0 Å². The van der Waals surface area contributed by atoms with Crippen LogP contribution in [0.2, 0.25) is 0 Å². The Morgan fingerprint density at radius 3 is 3.08 bits per heavy atom. The fourth-order valence-electron chi connectivity index (χ4n) is 1.31. The Kier molecular flexibility index (Phi) is 2.86. The number of anilines is 1. The number of fused-ring (bicyclic) bond motifs is 1. The minimum atomic E-state index is 0.969. The molecule has 2 aromatic rings. The third-order valence-corrected chi connectivity index (χ3v) is 3.25. The molecule has 0 aliphatic rings. The third kappa shape index (κ3) is 1.86. The van der Waals surface area contributed by atoms with Crippen molar-refractivity contribution in [2.45, 2.75) is 0 Å². The van der Waals surface area contributed by atoms with E-state index in [1.165, 1.54) is 15.8 Å². The fraction of sp³-hybridized carbons (Fsp3) is 0.200. The Morgan fingerprint density at radius 2 is 2.23 bits per heavy atom. The average Bonchev–Trinajstić information content (AvgIpc) is 2.62. The molecule has 0 saturated heterocycles. The van der Waals surface area contributed by atoms with E-state index in [1.807, 2.05) is 0 Å². The summed E-state index contributed by atoms with van der Waals surface area (Å²) in [5.74, 6) is 0. The summed E-state index contributed by atoms with van der Waals surface area (Å²) in [5, 5.41) is 7.82. The van der Waals surface area contributed by atoms with Crippen LogP contribution in [-0.2, 0) is 0 Å². The van der Waals surface area contributed by atoms with E-state index < -0.39 is 0 Å². The van der Waals surface area contributed by atoms with Crippen molar-refractivity contribution >= 4 is 43.0 Å². The van der Waals surface area contributed by atoms with Crippen molar-refractivity contribution in [3.8, 4) is 0 Å². The van der Waals surface area contributed by atoms with Crippen molar-refractivity contribution < 1.29 is 0 Å². The first-order chi connectivity index (χ1) is 6.42. The SMILES string of the molecule is BrCCNc1cccc2ccsc12. The number of rotatable bonds is 3. The predicted molar refractivity (Wildman–Crippen MR) is 64.1 cm³/mol. The van der Waals surface area contributed by atoms with Crippen LogP contribution in [0, 0.1) is 0 Å². The second-order valence-corrected chi connectivity index (χ2v) is 4.47. The molecule has 13 heavy (non-hydrogen) atoms. The van der Waals surface area contributed by atoms with E-state index >= 15 is 0 Å². The maximum absolute atomic E-state index is 3.40. The molecule has 0 unspecified atom stereocenters. The van der Waals surface area contributed by atoms with Crippen LogP contribution in [0.15, 0.2) is 29.6 Å². The van der Waals surface area contributed by atoms with E-state index in [1.54, 1.807) is 11.3 Å². The summed E-state index contributed by atoms with van der Waals surface area (Å²) in [6.45, 7) is 0.969. The van der Waals surface area contributed by atoms with Crippen LogP contribution >= 0.6 is 27.3 Å². The van der Waals surface area contributed by atoms with Gasteiger partial charge in [-0.1, -0.05) is 28.1 Å². The summed E-state index contributed by atoms with van der Waals surface area (Å²) in [7, 11) is 0. The number of hydrogen-bond acceptors (Lipinski definition) is 2. The van der Waals surface area contributed by atoms with Crippen LogP contribution in [0.5, 0.6) is 0 Å². The van der Waals surface area contributed by atoms with Crippen LogP contribution in [0.1, 0.15) is 0 Å². The maximum Gasteiger partial charge on any atom is 0.0574 e. The highest BCUT2D eigenvalue weighted by Crippen LogP contribution is 2.28. The van der Waals surface area contributed by atoms with Gasteiger partial charge in [-0.3, -0.25) is 0 Å². The van der Waals surface area contributed by atoms with E-state index in [0.717, 1.165) is 11.9 Å². The maximum atomic E-state index is 3.40. The lowest BCUT2D eigenvalue weighted by atomic mass is 10.2. The molecular weight excluding hydrogens is 246 g/mol. The number of benzene rings is 1. The van der Waals surface area contributed by atoms with Gasteiger partial charge in [0.05, 0.1) is 10.4 Å². The minimum absolute atomic E-state index is 0.969. The summed E-state index contributed by atoms with van der Waals surface area (Å²) < 4.78 is 1.35. The Labute approximate surface area is 89.9 Å². The monoisotopic (exact) mass is 255 g/mol. The van der Waals surface area contributed by atoms with Gasteiger partial charge in [0.15, 0.2) is 0 Å². The Hall–Kier alpha value is -0.540. The van der Waals surface area contributed by atoms with Gasteiger partial charge in [0.1, 0.15) is 0 Å². The lowest BCUT2D eigenvalue weighted by molar-refractivity contribution is 1.25. The molecule has 1 aromatic carbocycles. The molecule has 0 aliphatic carbocycles. The number of hydrogen-bond donors (Lipinski definition) is 1. The van der Waals surface area contributed by atoms with Gasteiger partial charge >= 0.3 is 0 Å². The highest BCUT2D eigenvalue weighted by molar-refractivity contribution is 9.09. The van der Waals surface area contributed by atoms with E-state index in [-0.39, 0.29) is 0 Å². The van der Waals surface area contributed by atoms with Crippen molar-refractivity contribution in [3.05, 3.63) is 29.6 Å². The summed E-state index contributed by atoms with van der Waals surface area (Å²) in [5.41, 5.74) is 1.24. The zero-order valence-electron chi connectivity index (χ0n) is 7.09. The topological polar surface area (TPSA) is 12.0 Å². The summed E-state index contributed by atoms with van der Waals surface area (Å²) in [4.78, 5) is 0. The molecule has 0 fully saturated rings. The van der Waals surface area contributed by atoms with Crippen LogP contribution in [0.3, 0.4) is 0 Å². The molecule has 1 aromatic heterocycles. The molecule has 1 N–H and O–H groups in total. The molecule has 3 heteroatoms. The Morgan fingerprint density at radius 1 is 1.31 bits per heavy atom. The lowest BCUT2D eigenvalue weighted by Crippen LogP contribution is -2.01. The molecule has 2 rings (SSSR count). The molecule has 0 saturated carbocycles. The molecule has 0 bridgehead atoms. The molecule has 1 nitrogen and oxygen atoms in total. The standard InChI is InChI=1S/C10H10BrNS/c11-5-6-12-9-3-1-2-8-4-7-13-10(8)9/h1-4,7,12H,5-6H2. The van der Waals surface area contributed by atoms with Gasteiger partial charge in [-0.05, 0) is 22.9 Å². The zero-order valence-corrected chi connectivity index (χ0v) is 9.49.